The zero-order chi connectivity index (χ0) is 13.5. The zero-order valence-corrected chi connectivity index (χ0v) is 11.1. The van der Waals surface area contributed by atoms with Crippen LogP contribution in [-0.4, -0.2) is 36.5 Å². The summed E-state index contributed by atoms with van der Waals surface area (Å²) in [7, 11) is 0. The maximum atomic E-state index is 11.7. The predicted octanol–water partition coefficient (Wildman–Crippen LogP) is 1.44. The van der Waals surface area contributed by atoms with E-state index in [2.05, 4.69) is 40.4 Å². The van der Waals surface area contributed by atoms with E-state index in [0.717, 1.165) is 19.4 Å². The van der Waals surface area contributed by atoms with Crippen molar-refractivity contribution in [3.63, 3.8) is 0 Å². The highest BCUT2D eigenvalue weighted by molar-refractivity contribution is 5.78. The van der Waals surface area contributed by atoms with E-state index in [-0.39, 0.29) is 5.91 Å². The molecule has 1 aliphatic rings. The molecule has 1 heterocycles. The van der Waals surface area contributed by atoms with E-state index in [1.807, 2.05) is 6.07 Å². The number of nitrogens with zero attached hydrogens (tertiary/aromatic N) is 1. The Morgan fingerprint density at radius 3 is 2.95 bits per heavy atom. The number of rotatable bonds is 5. The lowest BCUT2D eigenvalue weighted by Gasteiger charge is -2.23. The van der Waals surface area contributed by atoms with Gasteiger partial charge in [-0.3, -0.25) is 9.69 Å². The Balaban J connectivity index is 1.87. The molecule has 1 atom stereocenters. The summed E-state index contributed by atoms with van der Waals surface area (Å²) in [6.07, 6.45) is 8.48. The van der Waals surface area contributed by atoms with Crippen LogP contribution in [0.4, 0.5) is 0 Å². The summed E-state index contributed by atoms with van der Waals surface area (Å²) in [5, 5.41) is 2.73. The van der Waals surface area contributed by atoms with Crippen LogP contribution in [0.5, 0.6) is 0 Å². The number of carbonyl (C=O) groups is 1. The first-order valence-corrected chi connectivity index (χ1v) is 6.77. The number of carbonyl (C=O) groups excluding carboxylic acids is 1. The minimum atomic E-state index is 0.0258. The molecule has 2 rings (SSSR count). The summed E-state index contributed by atoms with van der Waals surface area (Å²) in [5.74, 6) is 2.45. The van der Waals surface area contributed by atoms with Gasteiger partial charge in [-0.2, -0.15) is 0 Å². The molecular weight excluding hydrogens is 236 g/mol. The van der Waals surface area contributed by atoms with Crippen LogP contribution in [0.15, 0.2) is 30.3 Å². The molecule has 0 aromatic heterocycles. The molecule has 1 aromatic rings. The first-order chi connectivity index (χ1) is 9.29. The second kappa shape index (κ2) is 6.96. The van der Waals surface area contributed by atoms with Gasteiger partial charge in [-0.25, -0.2) is 0 Å². The normalized spacial score (nSPS) is 19.0. The number of benzene rings is 1. The molecule has 100 valence electrons. The zero-order valence-electron chi connectivity index (χ0n) is 11.1. The first kappa shape index (κ1) is 13.6. The lowest BCUT2D eigenvalue weighted by molar-refractivity contribution is -0.122. The lowest BCUT2D eigenvalue weighted by Crippen LogP contribution is -2.40. The van der Waals surface area contributed by atoms with E-state index >= 15 is 0 Å². The van der Waals surface area contributed by atoms with Gasteiger partial charge in [0, 0.05) is 6.04 Å². The summed E-state index contributed by atoms with van der Waals surface area (Å²) >= 11 is 0. The lowest BCUT2D eigenvalue weighted by atomic mass is 10.0. The molecule has 0 saturated carbocycles. The average Bonchev–Trinajstić information content (AvgIpc) is 2.85. The van der Waals surface area contributed by atoms with Gasteiger partial charge in [0.15, 0.2) is 0 Å². The van der Waals surface area contributed by atoms with Crippen LogP contribution in [0.3, 0.4) is 0 Å². The largest absolute Gasteiger partial charge is 0.344 e. The number of hydrogen-bond donors (Lipinski definition) is 1. The van der Waals surface area contributed by atoms with Crippen LogP contribution in [0.2, 0.25) is 0 Å². The fraction of sp³-hybridized carbons (Fsp3) is 0.438. The summed E-state index contributed by atoms with van der Waals surface area (Å²) in [5.41, 5.74) is 1.34. The summed E-state index contributed by atoms with van der Waals surface area (Å²) in [6, 6.07) is 10.9. The average molecular weight is 256 g/mol. The van der Waals surface area contributed by atoms with Crippen molar-refractivity contribution in [3.8, 4) is 12.3 Å². The third-order valence-corrected chi connectivity index (χ3v) is 3.55. The van der Waals surface area contributed by atoms with E-state index in [1.54, 1.807) is 0 Å². The van der Waals surface area contributed by atoms with Crippen molar-refractivity contribution in [1.82, 2.24) is 10.2 Å². The van der Waals surface area contributed by atoms with Gasteiger partial charge in [0.25, 0.3) is 0 Å². The SMILES string of the molecule is C#CCNC(=O)CN1CCCC1Cc1ccccc1. The molecular formula is C16H20N2O. The summed E-state index contributed by atoms with van der Waals surface area (Å²) in [4.78, 5) is 14.0. The Bertz CT molecular complexity index is 450. The minimum Gasteiger partial charge on any atom is -0.344 e. The third-order valence-electron chi connectivity index (χ3n) is 3.55. The predicted molar refractivity (Wildman–Crippen MR) is 76.6 cm³/mol. The van der Waals surface area contributed by atoms with Gasteiger partial charge in [-0.1, -0.05) is 36.3 Å². The monoisotopic (exact) mass is 256 g/mol. The van der Waals surface area contributed by atoms with Crippen molar-refractivity contribution >= 4 is 5.91 Å². The highest BCUT2D eigenvalue weighted by Crippen LogP contribution is 2.20. The maximum Gasteiger partial charge on any atom is 0.234 e. The molecule has 1 unspecified atom stereocenters. The molecule has 1 aliphatic heterocycles. The van der Waals surface area contributed by atoms with Crippen LogP contribution in [-0.2, 0) is 11.2 Å². The number of terminal acetylenes is 1. The number of amides is 1. The molecule has 1 amide bonds. The van der Waals surface area contributed by atoms with Crippen molar-refractivity contribution in [3.05, 3.63) is 35.9 Å². The van der Waals surface area contributed by atoms with Crippen molar-refractivity contribution < 1.29 is 4.79 Å². The number of hydrogen-bond acceptors (Lipinski definition) is 2. The molecule has 1 aromatic carbocycles. The molecule has 0 radical (unpaired) electrons. The van der Waals surface area contributed by atoms with E-state index in [0.29, 0.717) is 19.1 Å². The number of likely N-dealkylation sites (tertiary alicyclic amines) is 1. The topological polar surface area (TPSA) is 32.3 Å². The third kappa shape index (κ3) is 4.11. The maximum absolute atomic E-state index is 11.7. The standard InChI is InChI=1S/C16H20N2O/c1-2-10-17-16(19)13-18-11-6-9-15(18)12-14-7-4-3-5-8-14/h1,3-5,7-8,15H,6,9-13H2,(H,17,19). The molecule has 3 nitrogen and oxygen atoms in total. The van der Waals surface area contributed by atoms with E-state index in [9.17, 15) is 4.79 Å². The van der Waals surface area contributed by atoms with Crippen molar-refractivity contribution in [2.45, 2.75) is 25.3 Å². The van der Waals surface area contributed by atoms with Gasteiger partial charge < -0.3 is 5.32 Å². The quantitative estimate of drug-likeness (QED) is 0.809. The first-order valence-electron chi connectivity index (χ1n) is 6.77. The van der Waals surface area contributed by atoms with Gasteiger partial charge in [0.05, 0.1) is 13.1 Å². The Kier molecular flexibility index (Phi) is 5.00. The van der Waals surface area contributed by atoms with Crippen molar-refractivity contribution in [2.24, 2.45) is 0 Å². The molecule has 19 heavy (non-hydrogen) atoms. The smallest absolute Gasteiger partial charge is 0.234 e. The van der Waals surface area contributed by atoms with Crippen LogP contribution >= 0.6 is 0 Å². The molecule has 0 spiro atoms. The van der Waals surface area contributed by atoms with Crippen molar-refractivity contribution in [1.29, 1.82) is 0 Å². The molecule has 0 aliphatic carbocycles. The van der Waals surface area contributed by atoms with E-state index < -0.39 is 0 Å². The van der Waals surface area contributed by atoms with E-state index in [1.165, 1.54) is 12.0 Å². The van der Waals surface area contributed by atoms with Crippen LogP contribution in [0.1, 0.15) is 18.4 Å². The fourth-order valence-electron chi connectivity index (χ4n) is 2.61. The second-order valence-electron chi connectivity index (χ2n) is 4.94. The van der Waals surface area contributed by atoms with Crippen LogP contribution < -0.4 is 5.32 Å². The summed E-state index contributed by atoms with van der Waals surface area (Å²) < 4.78 is 0. The van der Waals surface area contributed by atoms with Gasteiger partial charge in [-0.15, -0.1) is 6.42 Å². The molecule has 3 heteroatoms. The molecule has 1 N–H and O–H groups in total. The Hall–Kier alpha value is -1.79. The van der Waals surface area contributed by atoms with E-state index in [4.69, 9.17) is 6.42 Å². The van der Waals surface area contributed by atoms with Gasteiger partial charge in [0.1, 0.15) is 0 Å². The van der Waals surface area contributed by atoms with Crippen LogP contribution in [0, 0.1) is 12.3 Å². The molecule has 0 bridgehead atoms. The van der Waals surface area contributed by atoms with Gasteiger partial charge >= 0.3 is 0 Å². The van der Waals surface area contributed by atoms with Gasteiger partial charge in [-0.05, 0) is 31.4 Å². The van der Waals surface area contributed by atoms with Gasteiger partial charge in [0.2, 0.25) is 5.91 Å². The highest BCUT2D eigenvalue weighted by atomic mass is 16.2. The Labute approximate surface area is 115 Å². The Morgan fingerprint density at radius 2 is 2.21 bits per heavy atom. The Morgan fingerprint density at radius 1 is 1.42 bits per heavy atom. The second-order valence-corrected chi connectivity index (χ2v) is 4.94. The summed E-state index contributed by atoms with van der Waals surface area (Å²) in [6.45, 7) is 1.77. The highest BCUT2D eigenvalue weighted by Gasteiger charge is 2.25. The van der Waals surface area contributed by atoms with Crippen molar-refractivity contribution in [2.75, 3.05) is 19.6 Å². The molecule has 1 saturated heterocycles. The van der Waals surface area contributed by atoms with Crippen LogP contribution in [0.25, 0.3) is 0 Å². The fourth-order valence-corrected chi connectivity index (χ4v) is 2.61. The molecule has 1 fully saturated rings. The number of nitrogens with one attached hydrogen (secondary N) is 1. The minimum absolute atomic E-state index is 0.0258.